The molecule has 322 valence electrons. The summed E-state index contributed by atoms with van der Waals surface area (Å²) in [4.78, 5) is 45.9. The van der Waals surface area contributed by atoms with Crippen molar-refractivity contribution in [2.45, 2.75) is 180 Å². The number of hydrogen-bond donors (Lipinski definition) is 3. The molecule has 11 nitrogen and oxygen atoms in total. The van der Waals surface area contributed by atoms with Crippen molar-refractivity contribution < 1.29 is 47.5 Å². The first-order chi connectivity index (χ1) is 27.1. The first kappa shape index (κ1) is 53.2. The van der Waals surface area contributed by atoms with Crippen LogP contribution >= 0.6 is 7.82 Å². The largest absolute Gasteiger partial charge is 0.480 e. The number of hydrogen-bond acceptors (Lipinski definition) is 9. The molecule has 0 spiro atoms. The predicted molar refractivity (Wildman–Crippen MR) is 226 cm³/mol. The zero-order chi connectivity index (χ0) is 41.4. The Kier molecular flexibility index (Phi) is 37.1. The highest BCUT2D eigenvalue weighted by Gasteiger charge is 2.28. The van der Waals surface area contributed by atoms with E-state index in [4.69, 9.17) is 24.8 Å². The average Bonchev–Trinajstić information content (AvgIpc) is 3.17. The van der Waals surface area contributed by atoms with E-state index in [1.165, 1.54) is 38.5 Å². The van der Waals surface area contributed by atoms with Crippen molar-refractivity contribution >= 4 is 25.7 Å². The number of phosphoric acid groups is 1. The Labute approximate surface area is 338 Å². The van der Waals surface area contributed by atoms with Crippen LogP contribution in [0.2, 0.25) is 0 Å². The summed E-state index contributed by atoms with van der Waals surface area (Å²) in [7, 11) is -4.72. The zero-order valence-electron chi connectivity index (χ0n) is 34.7. The summed E-state index contributed by atoms with van der Waals surface area (Å²) in [5, 5.41) is 8.88. The van der Waals surface area contributed by atoms with Crippen LogP contribution in [0.1, 0.15) is 168 Å². The van der Waals surface area contributed by atoms with Gasteiger partial charge in [0.2, 0.25) is 0 Å². The number of carbonyl (C=O) groups is 3. The third-order valence-corrected chi connectivity index (χ3v) is 9.70. The number of phosphoric ester groups is 1. The lowest BCUT2D eigenvalue weighted by Crippen LogP contribution is -2.34. The normalized spacial score (nSPS) is 14.4. The second-order valence-electron chi connectivity index (χ2n) is 14.1. The van der Waals surface area contributed by atoms with Gasteiger partial charge in [-0.2, -0.15) is 0 Å². The Hall–Kier alpha value is -2.82. The molecule has 0 aromatic rings. The molecule has 0 aliphatic rings. The number of carbonyl (C=O) groups excluding carboxylic acids is 2. The van der Waals surface area contributed by atoms with Crippen LogP contribution in [-0.2, 0) is 37.5 Å². The maximum absolute atomic E-state index is 12.6. The van der Waals surface area contributed by atoms with E-state index in [1.54, 1.807) is 0 Å². The Morgan fingerprint density at radius 3 is 1.50 bits per heavy atom. The van der Waals surface area contributed by atoms with Gasteiger partial charge < -0.3 is 25.2 Å². The van der Waals surface area contributed by atoms with Crippen LogP contribution in [-0.4, -0.2) is 59.9 Å². The molecule has 0 aliphatic carbocycles. The van der Waals surface area contributed by atoms with Crippen LogP contribution in [0, 0.1) is 0 Å². The second kappa shape index (κ2) is 39.0. The molecular formula is C44H76NO10P. The molecule has 0 saturated carbocycles. The lowest BCUT2D eigenvalue weighted by molar-refractivity contribution is -0.161. The summed E-state index contributed by atoms with van der Waals surface area (Å²) in [5.41, 5.74) is 5.33. The molecule has 0 rings (SSSR count). The number of esters is 2. The number of unbranched alkanes of at least 4 members (excludes halogenated alkanes) is 15. The minimum absolute atomic E-state index is 0.146. The number of carboxylic acid groups (broad SMARTS) is 1. The van der Waals surface area contributed by atoms with Crippen molar-refractivity contribution in [1.82, 2.24) is 0 Å². The van der Waals surface area contributed by atoms with Crippen molar-refractivity contribution in [3.05, 3.63) is 60.8 Å². The number of aliphatic carboxylic acids is 1. The molecular weight excluding hydrogens is 733 g/mol. The number of allylic oxidation sites excluding steroid dienone is 10. The van der Waals surface area contributed by atoms with E-state index >= 15 is 0 Å². The molecule has 0 aromatic carbocycles. The van der Waals surface area contributed by atoms with Crippen LogP contribution in [0.5, 0.6) is 0 Å². The molecule has 1 unspecified atom stereocenters. The molecule has 0 aromatic heterocycles. The third-order valence-electron chi connectivity index (χ3n) is 8.75. The SMILES string of the molecule is CC/C=C/C/C=C/C/C=C/CCCCCCCC(=O)OC[C@H](COP(=O)(O)OC[C@H](N)C(=O)O)OC(=O)CCCCCCCCC/C=C/C/C=C/CCCCC. The summed E-state index contributed by atoms with van der Waals surface area (Å²) in [6.45, 7) is 2.63. The van der Waals surface area contributed by atoms with E-state index in [0.717, 1.165) is 89.9 Å². The van der Waals surface area contributed by atoms with Gasteiger partial charge in [-0.3, -0.25) is 23.4 Å². The van der Waals surface area contributed by atoms with Gasteiger partial charge in [0.1, 0.15) is 12.6 Å². The van der Waals surface area contributed by atoms with Crippen LogP contribution < -0.4 is 5.73 Å². The fourth-order valence-electron chi connectivity index (χ4n) is 5.40. The lowest BCUT2D eigenvalue weighted by atomic mass is 10.1. The average molecular weight is 810 g/mol. The van der Waals surface area contributed by atoms with Crippen LogP contribution in [0.15, 0.2) is 60.8 Å². The summed E-state index contributed by atoms with van der Waals surface area (Å²) < 4.78 is 32.7. The summed E-state index contributed by atoms with van der Waals surface area (Å²) >= 11 is 0. The van der Waals surface area contributed by atoms with E-state index < -0.39 is 51.1 Å². The maximum Gasteiger partial charge on any atom is 0.472 e. The molecule has 0 saturated heterocycles. The van der Waals surface area contributed by atoms with Crippen molar-refractivity contribution in [2.75, 3.05) is 19.8 Å². The van der Waals surface area contributed by atoms with Crippen molar-refractivity contribution in [3.8, 4) is 0 Å². The van der Waals surface area contributed by atoms with E-state index in [0.29, 0.717) is 12.8 Å². The topological polar surface area (TPSA) is 172 Å². The highest BCUT2D eigenvalue weighted by atomic mass is 31.2. The Morgan fingerprint density at radius 2 is 1.00 bits per heavy atom. The van der Waals surface area contributed by atoms with Crippen molar-refractivity contribution in [1.29, 1.82) is 0 Å². The van der Waals surface area contributed by atoms with Crippen LogP contribution in [0.3, 0.4) is 0 Å². The highest BCUT2D eigenvalue weighted by molar-refractivity contribution is 7.47. The van der Waals surface area contributed by atoms with Crippen molar-refractivity contribution in [3.63, 3.8) is 0 Å². The van der Waals surface area contributed by atoms with Crippen molar-refractivity contribution in [2.24, 2.45) is 5.73 Å². The molecule has 4 N–H and O–H groups in total. The Morgan fingerprint density at radius 1 is 0.571 bits per heavy atom. The molecule has 56 heavy (non-hydrogen) atoms. The first-order valence-electron chi connectivity index (χ1n) is 21.3. The minimum Gasteiger partial charge on any atom is -0.480 e. The molecule has 0 aliphatic heterocycles. The zero-order valence-corrected chi connectivity index (χ0v) is 35.6. The van der Waals surface area contributed by atoms with E-state index in [1.807, 2.05) is 0 Å². The van der Waals surface area contributed by atoms with Gasteiger partial charge in [-0.15, -0.1) is 0 Å². The molecule has 0 bridgehead atoms. The summed E-state index contributed by atoms with van der Waals surface area (Å²) in [6, 6.07) is -1.53. The predicted octanol–water partition coefficient (Wildman–Crippen LogP) is 11.2. The van der Waals surface area contributed by atoms with Crippen LogP contribution in [0.25, 0.3) is 0 Å². The Balaban J connectivity index is 4.42. The minimum atomic E-state index is -4.72. The summed E-state index contributed by atoms with van der Waals surface area (Å²) in [6.07, 6.45) is 44.2. The quantitative estimate of drug-likeness (QED) is 0.0233. The molecule has 3 atom stereocenters. The fourth-order valence-corrected chi connectivity index (χ4v) is 6.18. The monoisotopic (exact) mass is 810 g/mol. The molecule has 0 heterocycles. The first-order valence-corrected chi connectivity index (χ1v) is 22.8. The number of carboxylic acids is 1. The van der Waals surface area contributed by atoms with E-state index in [-0.39, 0.29) is 19.4 Å². The number of nitrogens with two attached hydrogens (primary N) is 1. The van der Waals surface area contributed by atoms with E-state index in [2.05, 4.69) is 79.1 Å². The smallest absolute Gasteiger partial charge is 0.472 e. The van der Waals surface area contributed by atoms with Gasteiger partial charge in [-0.05, 0) is 77.0 Å². The maximum atomic E-state index is 12.6. The van der Waals surface area contributed by atoms with Gasteiger partial charge in [-0.1, -0.05) is 139 Å². The lowest BCUT2D eigenvalue weighted by Gasteiger charge is -2.20. The van der Waals surface area contributed by atoms with Gasteiger partial charge >= 0.3 is 25.7 Å². The molecule has 0 radical (unpaired) electrons. The van der Waals surface area contributed by atoms with Gasteiger partial charge in [-0.25, -0.2) is 4.57 Å². The van der Waals surface area contributed by atoms with Gasteiger partial charge in [0.25, 0.3) is 0 Å². The number of rotatable bonds is 39. The third kappa shape index (κ3) is 38.1. The highest BCUT2D eigenvalue weighted by Crippen LogP contribution is 2.43. The molecule has 0 amide bonds. The number of ether oxygens (including phenoxy) is 2. The molecule has 12 heteroatoms. The van der Waals surface area contributed by atoms with Crippen LogP contribution in [0.4, 0.5) is 0 Å². The van der Waals surface area contributed by atoms with Gasteiger partial charge in [0, 0.05) is 12.8 Å². The van der Waals surface area contributed by atoms with Gasteiger partial charge in [0.15, 0.2) is 6.10 Å². The standard InChI is InChI=1S/C44H76NO10P/c1-3-5-7-9-11-13-15-17-19-20-22-24-26-28-30-32-34-36-43(47)55-40(38-53-56(50,51)54-39-41(45)44(48)49)37-52-42(46)35-33-31-29-27-25-23-21-18-16-14-12-10-8-6-4-2/h6,8,11-14,17-19,21,40-41H,3-5,7,9-10,15-16,20,22-39,45H2,1-2H3,(H,48,49)(H,50,51)/b8-6+,13-11+,14-12+,19-17+,21-18+/t40-,41+/m1/s1. The second-order valence-corrected chi connectivity index (χ2v) is 15.5. The molecule has 0 fully saturated rings. The Bertz CT molecular complexity index is 1180. The van der Waals surface area contributed by atoms with E-state index in [9.17, 15) is 23.8 Å². The fraction of sp³-hybridized carbons (Fsp3) is 0.705. The summed E-state index contributed by atoms with van der Waals surface area (Å²) in [5.74, 6) is -2.42. The van der Waals surface area contributed by atoms with Gasteiger partial charge in [0.05, 0.1) is 13.2 Å².